The molecule has 0 saturated heterocycles. The van der Waals surface area contributed by atoms with Gasteiger partial charge in [0, 0.05) is 12.1 Å². The number of rotatable bonds is 2. The van der Waals surface area contributed by atoms with Crippen LogP contribution in [0.25, 0.3) is 0 Å². The van der Waals surface area contributed by atoms with Gasteiger partial charge in [-0.1, -0.05) is 6.07 Å². The summed E-state index contributed by atoms with van der Waals surface area (Å²) in [7, 11) is 0. The number of pyridine rings is 1. The number of hydrogen-bond donors (Lipinski definition) is 0. The normalized spacial score (nSPS) is 10.2. The third-order valence-corrected chi connectivity index (χ3v) is 2.24. The molecule has 0 aliphatic rings. The van der Waals surface area contributed by atoms with Gasteiger partial charge in [-0.25, -0.2) is 13.8 Å². The summed E-state index contributed by atoms with van der Waals surface area (Å²) in [6, 6.07) is 7.94. The molecule has 16 heavy (non-hydrogen) atoms. The number of benzene rings is 1. The fourth-order valence-electron chi connectivity index (χ4n) is 1.11. The SMILES string of the molecule is Fc1ccc(F)c(Oc2cccc(Br)n2)c1. The van der Waals surface area contributed by atoms with Crippen LogP contribution in [0.15, 0.2) is 41.0 Å². The summed E-state index contributed by atoms with van der Waals surface area (Å²) in [5, 5.41) is 0. The lowest BCUT2D eigenvalue weighted by molar-refractivity contribution is 0.422. The largest absolute Gasteiger partial charge is 0.436 e. The molecule has 0 aliphatic carbocycles. The lowest BCUT2D eigenvalue weighted by Crippen LogP contribution is -1.91. The maximum absolute atomic E-state index is 13.2. The molecule has 0 radical (unpaired) electrons. The van der Waals surface area contributed by atoms with E-state index in [0.717, 1.165) is 18.2 Å². The lowest BCUT2D eigenvalue weighted by Gasteiger charge is -2.05. The highest BCUT2D eigenvalue weighted by Gasteiger charge is 2.07. The Morgan fingerprint density at radius 2 is 1.94 bits per heavy atom. The van der Waals surface area contributed by atoms with Gasteiger partial charge in [0.2, 0.25) is 5.88 Å². The fourth-order valence-corrected chi connectivity index (χ4v) is 1.44. The summed E-state index contributed by atoms with van der Waals surface area (Å²) in [4.78, 5) is 3.94. The Bertz CT molecular complexity index is 519. The van der Waals surface area contributed by atoms with Crippen LogP contribution in [0.4, 0.5) is 8.78 Å². The zero-order chi connectivity index (χ0) is 11.5. The molecular weight excluding hydrogens is 280 g/mol. The van der Waals surface area contributed by atoms with E-state index in [4.69, 9.17) is 4.74 Å². The van der Waals surface area contributed by atoms with Crippen molar-refractivity contribution in [3.63, 3.8) is 0 Å². The molecule has 0 bridgehead atoms. The molecule has 0 saturated carbocycles. The highest BCUT2D eigenvalue weighted by Crippen LogP contribution is 2.24. The molecule has 0 amide bonds. The van der Waals surface area contributed by atoms with E-state index >= 15 is 0 Å². The van der Waals surface area contributed by atoms with E-state index in [1.807, 2.05) is 0 Å². The Morgan fingerprint density at radius 1 is 1.12 bits per heavy atom. The molecule has 0 N–H and O–H groups in total. The standard InChI is InChI=1S/C11H6BrF2NO/c12-10-2-1-3-11(15-10)16-9-6-7(13)4-5-8(9)14/h1-6H. The van der Waals surface area contributed by atoms with E-state index in [0.29, 0.717) is 4.60 Å². The van der Waals surface area contributed by atoms with Gasteiger partial charge in [-0.3, -0.25) is 0 Å². The first-order valence-corrected chi connectivity index (χ1v) is 5.20. The van der Waals surface area contributed by atoms with Gasteiger partial charge in [-0.15, -0.1) is 0 Å². The van der Waals surface area contributed by atoms with Crippen molar-refractivity contribution in [1.82, 2.24) is 4.98 Å². The van der Waals surface area contributed by atoms with Crippen molar-refractivity contribution in [1.29, 1.82) is 0 Å². The number of halogens is 3. The highest BCUT2D eigenvalue weighted by atomic mass is 79.9. The van der Waals surface area contributed by atoms with Crippen molar-refractivity contribution in [2.75, 3.05) is 0 Å². The number of aromatic nitrogens is 1. The van der Waals surface area contributed by atoms with Crippen molar-refractivity contribution < 1.29 is 13.5 Å². The van der Waals surface area contributed by atoms with Crippen molar-refractivity contribution in [3.8, 4) is 11.6 Å². The molecule has 5 heteroatoms. The maximum atomic E-state index is 13.2. The first kappa shape index (κ1) is 11.0. The number of ether oxygens (including phenoxy) is 1. The van der Waals surface area contributed by atoms with Crippen molar-refractivity contribution >= 4 is 15.9 Å². The van der Waals surface area contributed by atoms with Crippen LogP contribution < -0.4 is 4.74 Å². The monoisotopic (exact) mass is 285 g/mol. The van der Waals surface area contributed by atoms with Gasteiger partial charge < -0.3 is 4.74 Å². The van der Waals surface area contributed by atoms with Crippen LogP contribution >= 0.6 is 15.9 Å². The lowest BCUT2D eigenvalue weighted by atomic mass is 10.3. The Kier molecular flexibility index (Phi) is 3.14. The van der Waals surface area contributed by atoms with Gasteiger partial charge in [0.15, 0.2) is 11.6 Å². The van der Waals surface area contributed by atoms with Crippen molar-refractivity contribution in [2.45, 2.75) is 0 Å². The van der Waals surface area contributed by atoms with Gasteiger partial charge >= 0.3 is 0 Å². The minimum absolute atomic E-state index is 0.189. The van der Waals surface area contributed by atoms with Gasteiger partial charge in [0.25, 0.3) is 0 Å². The van der Waals surface area contributed by atoms with Crippen LogP contribution in [0, 0.1) is 11.6 Å². The van der Waals surface area contributed by atoms with Gasteiger partial charge in [0.05, 0.1) is 0 Å². The Hall–Kier alpha value is -1.49. The van der Waals surface area contributed by atoms with Gasteiger partial charge in [-0.05, 0) is 34.1 Å². The van der Waals surface area contributed by atoms with Crippen molar-refractivity contribution in [3.05, 3.63) is 52.6 Å². The zero-order valence-corrected chi connectivity index (χ0v) is 9.54. The van der Waals surface area contributed by atoms with Crippen LogP contribution in [0.1, 0.15) is 0 Å². The number of nitrogens with zero attached hydrogens (tertiary/aromatic N) is 1. The molecule has 1 heterocycles. The summed E-state index contributed by atoms with van der Waals surface area (Å²) in [5.41, 5.74) is 0. The van der Waals surface area contributed by atoms with E-state index in [2.05, 4.69) is 20.9 Å². The van der Waals surface area contributed by atoms with E-state index in [-0.39, 0.29) is 11.6 Å². The van der Waals surface area contributed by atoms with Crippen LogP contribution in [-0.4, -0.2) is 4.98 Å². The third kappa shape index (κ3) is 2.55. The molecule has 2 rings (SSSR count). The second-order valence-electron chi connectivity index (χ2n) is 2.98. The van der Waals surface area contributed by atoms with Crippen LogP contribution in [0.5, 0.6) is 11.6 Å². The van der Waals surface area contributed by atoms with Crippen molar-refractivity contribution in [2.24, 2.45) is 0 Å². The predicted octanol–water partition coefficient (Wildman–Crippen LogP) is 3.91. The Morgan fingerprint density at radius 3 is 2.69 bits per heavy atom. The van der Waals surface area contributed by atoms with Gasteiger partial charge in [0.1, 0.15) is 10.4 Å². The van der Waals surface area contributed by atoms with E-state index in [1.54, 1.807) is 18.2 Å². The summed E-state index contributed by atoms with van der Waals surface area (Å²) >= 11 is 3.15. The summed E-state index contributed by atoms with van der Waals surface area (Å²) in [6.07, 6.45) is 0. The minimum atomic E-state index is -0.636. The Balaban J connectivity index is 2.30. The first-order chi connectivity index (χ1) is 7.65. The molecule has 82 valence electrons. The summed E-state index contributed by atoms with van der Waals surface area (Å²) < 4.78 is 31.7. The molecule has 0 atom stereocenters. The second-order valence-corrected chi connectivity index (χ2v) is 3.79. The first-order valence-electron chi connectivity index (χ1n) is 4.40. The summed E-state index contributed by atoms with van der Waals surface area (Å²) in [5.74, 6) is -1.20. The van der Waals surface area contributed by atoms with Crippen LogP contribution in [0.3, 0.4) is 0 Å². The number of hydrogen-bond acceptors (Lipinski definition) is 2. The smallest absolute Gasteiger partial charge is 0.220 e. The van der Waals surface area contributed by atoms with Crippen LogP contribution in [-0.2, 0) is 0 Å². The summed E-state index contributed by atoms with van der Waals surface area (Å²) in [6.45, 7) is 0. The second kappa shape index (κ2) is 4.57. The molecule has 0 unspecified atom stereocenters. The average molecular weight is 286 g/mol. The minimum Gasteiger partial charge on any atom is -0.436 e. The molecular formula is C11H6BrF2NO. The molecule has 1 aromatic heterocycles. The van der Waals surface area contributed by atoms with Gasteiger partial charge in [-0.2, -0.15) is 0 Å². The average Bonchev–Trinajstić information content (AvgIpc) is 2.24. The Labute approximate surface area is 99.0 Å². The topological polar surface area (TPSA) is 22.1 Å². The molecule has 0 fully saturated rings. The van der Waals surface area contributed by atoms with E-state index < -0.39 is 11.6 Å². The van der Waals surface area contributed by atoms with Crippen LogP contribution in [0.2, 0.25) is 0 Å². The predicted molar refractivity (Wildman–Crippen MR) is 58.4 cm³/mol. The van der Waals surface area contributed by atoms with E-state index in [9.17, 15) is 8.78 Å². The molecule has 2 nitrogen and oxygen atoms in total. The highest BCUT2D eigenvalue weighted by molar-refractivity contribution is 9.10. The maximum Gasteiger partial charge on any atom is 0.220 e. The third-order valence-electron chi connectivity index (χ3n) is 1.80. The molecule has 2 aromatic rings. The molecule has 0 aliphatic heterocycles. The molecule has 1 aromatic carbocycles. The fraction of sp³-hybridized carbons (Fsp3) is 0. The quantitative estimate of drug-likeness (QED) is 0.781. The molecule has 0 spiro atoms. The van der Waals surface area contributed by atoms with E-state index in [1.165, 1.54) is 0 Å². The zero-order valence-electron chi connectivity index (χ0n) is 7.95.